The third kappa shape index (κ3) is 4.03. The van der Waals surface area contributed by atoms with E-state index in [0.29, 0.717) is 11.5 Å². The van der Waals surface area contributed by atoms with Crippen molar-refractivity contribution in [2.45, 2.75) is 19.8 Å². The van der Waals surface area contributed by atoms with Gasteiger partial charge >= 0.3 is 0 Å². The monoisotopic (exact) mass is 416 g/mol. The summed E-state index contributed by atoms with van der Waals surface area (Å²) in [5, 5.41) is 11.9. The molecule has 0 saturated carbocycles. The van der Waals surface area contributed by atoms with Gasteiger partial charge in [-0.05, 0) is 49.6 Å². The fourth-order valence-corrected chi connectivity index (χ4v) is 4.09. The van der Waals surface area contributed by atoms with Crippen molar-refractivity contribution >= 4 is 17.4 Å². The van der Waals surface area contributed by atoms with Crippen molar-refractivity contribution in [2.24, 2.45) is 5.92 Å². The standard InChI is InChI=1S/C24H24N4O3/c1-16-4-2-3-5-19(16)20-7-9-23(27-26-20)28-12-10-17(11-13-28)24(29)25-18-6-8-21-22(14-18)31-15-30-21/h2-9,14,17H,10-13,15H2,1H3,(H,25,29). The Morgan fingerprint density at radius 2 is 1.81 bits per heavy atom. The van der Waals surface area contributed by atoms with Crippen molar-refractivity contribution in [1.82, 2.24) is 10.2 Å². The summed E-state index contributed by atoms with van der Waals surface area (Å²) in [7, 11) is 0. The Balaban J connectivity index is 1.18. The van der Waals surface area contributed by atoms with E-state index in [9.17, 15) is 4.79 Å². The van der Waals surface area contributed by atoms with Gasteiger partial charge in [0.2, 0.25) is 12.7 Å². The number of anilines is 2. The third-order valence-electron chi connectivity index (χ3n) is 5.90. The first kappa shape index (κ1) is 19.4. The largest absolute Gasteiger partial charge is 0.454 e. The second-order valence-corrected chi connectivity index (χ2v) is 7.91. The van der Waals surface area contributed by atoms with E-state index < -0.39 is 0 Å². The lowest BCUT2D eigenvalue weighted by molar-refractivity contribution is -0.120. The summed E-state index contributed by atoms with van der Waals surface area (Å²) >= 11 is 0. The first-order chi connectivity index (χ1) is 15.2. The lowest BCUT2D eigenvalue weighted by Gasteiger charge is -2.31. The maximum Gasteiger partial charge on any atom is 0.231 e. The lowest BCUT2D eigenvalue weighted by Crippen LogP contribution is -2.38. The average Bonchev–Trinajstić information content (AvgIpc) is 3.28. The van der Waals surface area contributed by atoms with Gasteiger partial charge in [-0.2, -0.15) is 0 Å². The van der Waals surface area contributed by atoms with Crippen molar-refractivity contribution < 1.29 is 14.3 Å². The van der Waals surface area contributed by atoms with E-state index in [1.54, 1.807) is 6.07 Å². The molecule has 7 heteroatoms. The molecule has 1 amide bonds. The summed E-state index contributed by atoms with van der Waals surface area (Å²) in [5.41, 5.74) is 3.88. The Hall–Kier alpha value is -3.61. The van der Waals surface area contributed by atoms with Gasteiger partial charge in [-0.3, -0.25) is 4.79 Å². The number of ether oxygens (including phenoxy) is 2. The Labute approximate surface area is 181 Å². The van der Waals surface area contributed by atoms with Crippen molar-refractivity contribution in [2.75, 3.05) is 30.1 Å². The summed E-state index contributed by atoms with van der Waals surface area (Å²) in [5.74, 6) is 2.24. The summed E-state index contributed by atoms with van der Waals surface area (Å²) < 4.78 is 10.7. The number of carbonyl (C=O) groups is 1. The Morgan fingerprint density at radius 1 is 1.00 bits per heavy atom. The van der Waals surface area contributed by atoms with E-state index in [1.807, 2.05) is 36.4 Å². The van der Waals surface area contributed by atoms with E-state index in [-0.39, 0.29) is 18.6 Å². The summed E-state index contributed by atoms with van der Waals surface area (Å²) in [6, 6.07) is 17.7. The molecule has 5 rings (SSSR count). The highest BCUT2D eigenvalue weighted by Gasteiger charge is 2.26. The van der Waals surface area contributed by atoms with Gasteiger partial charge in [0, 0.05) is 36.3 Å². The van der Waals surface area contributed by atoms with Crippen LogP contribution in [0.2, 0.25) is 0 Å². The molecule has 1 N–H and O–H groups in total. The predicted octanol–water partition coefficient (Wildman–Crippen LogP) is 4.04. The molecule has 7 nitrogen and oxygen atoms in total. The molecule has 2 aliphatic rings. The van der Waals surface area contributed by atoms with Crippen LogP contribution in [0.1, 0.15) is 18.4 Å². The number of benzene rings is 2. The van der Waals surface area contributed by atoms with Crippen LogP contribution in [0.25, 0.3) is 11.3 Å². The maximum atomic E-state index is 12.7. The number of rotatable bonds is 4. The van der Waals surface area contributed by atoms with E-state index >= 15 is 0 Å². The molecule has 3 heterocycles. The number of aryl methyl sites for hydroxylation is 1. The van der Waals surface area contributed by atoms with E-state index in [0.717, 1.165) is 48.7 Å². The van der Waals surface area contributed by atoms with Crippen LogP contribution in [-0.2, 0) is 4.79 Å². The van der Waals surface area contributed by atoms with E-state index in [4.69, 9.17) is 9.47 Å². The molecule has 0 spiro atoms. The second-order valence-electron chi connectivity index (χ2n) is 7.91. The second kappa shape index (κ2) is 8.26. The average molecular weight is 416 g/mol. The fourth-order valence-electron chi connectivity index (χ4n) is 4.09. The number of carbonyl (C=O) groups excluding carboxylic acids is 1. The zero-order valence-corrected chi connectivity index (χ0v) is 17.4. The molecule has 0 unspecified atom stereocenters. The molecule has 1 aromatic heterocycles. The van der Waals surface area contributed by atoms with Crippen molar-refractivity contribution in [1.29, 1.82) is 0 Å². The molecular formula is C24H24N4O3. The topological polar surface area (TPSA) is 76.6 Å². The van der Waals surface area contributed by atoms with Gasteiger partial charge < -0.3 is 19.7 Å². The number of fused-ring (bicyclic) bond motifs is 1. The normalized spacial score (nSPS) is 15.7. The summed E-state index contributed by atoms with van der Waals surface area (Å²) in [4.78, 5) is 14.9. The van der Waals surface area contributed by atoms with Crippen LogP contribution in [-0.4, -0.2) is 36.0 Å². The van der Waals surface area contributed by atoms with Crippen LogP contribution < -0.4 is 19.7 Å². The van der Waals surface area contributed by atoms with Crippen molar-refractivity contribution in [3.05, 3.63) is 60.2 Å². The molecule has 0 radical (unpaired) electrons. The predicted molar refractivity (Wildman–Crippen MR) is 118 cm³/mol. The number of piperidine rings is 1. The molecule has 3 aromatic rings. The van der Waals surface area contributed by atoms with Crippen LogP contribution in [0.3, 0.4) is 0 Å². The Bertz CT molecular complexity index is 1090. The highest BCUT2D eigenvalue weighted by atomic mass is 16.7. The SMILES string of the molecule is Cc1ccccc1-c1ccc(N2CCC(C(=O)Nc3ccc4c(c3)OCO4)CC2)nn1. The fraction of sp³-hybridized carbons (Fsp3) is 0.292. The molecule has 1 fully saturated rings. The number of nitrogens with one attached hydrogen (secondary N) is 1. The minimum Gasteiger partial charge on any atom is -0.454 e. The molecule has 0 aliphatic carbocycles. The third-order valence-corrected chi connectivity index (χ3v) is 5.90. The quantitative estimate of drug-likeness (QED) is 0.692. The van der Waals surface area contributed by atoms with Crippen LogP contribution >= 0.6 is 0 Å². The highest BCUT2D eigenvalue weighted by Crippen LogP contribution is 2.34. The first-order valence-electron chi connectivity index (χ1n) is 10.5. The van der Waals surface area contributed by atoms with Gasteiger partial charge in [0.25, 0.3) is 0 Å². The number of hydrogen-bond acceptors (Lipinski definition) is 6. The summed E-state index contributed by atoms with van der Waals surface area (Å²) in [6.45, 7) is 3.85. The van der Waals surface area contributed by atoms with Crippen molar-refractivity contribution in [3.63, 3.8) is 0 Å². The molecule has 0 atom stereocenters. The molecule has 1 saturated heterocycles. The first-order valence-corrected chi connectivity index (χ1v) is 10.5. The highest BCUT2D eigenvalue weighted by molar-refractivity contribution is 5.93. The molecule has 0 bridgehead atoms. The number of aromatic nitrogens is 2. The minimum absolute atomic E-state index is 0.0270. The molecule has 2 aliphatic heterocycles. The summed E-state index contributed by atoms with van der Waals surface area (Å²) in [6.07, 6.45) is 1.55. The van der Waals surface area contributed by atoms with Crippen LogP contribution in [0.5, 0.6) is 11.5 Å². The molecule has 31 heavy (non-hydrogen) atoms. The molecule has 158 valence electrons. The number of nitrogens with zero attached hydrogens (tertiary/aromatic N) is 3. The smallest absolute Gasteiger partial charge is 0.231 e. The molecule has 2 aromatic carbocycles. The number of hydrogen-bond donors (Lipinski definition) is 1. The maximum absolute atomic E-state index is 12.7. The Morgan fingerprint density at radius 3 is 2.58 bits per heavy atom. The van der Waals surface area contributed by atoms with Gasteiger partial charge in [0.05, 0.1) is 5.69 Å². The van der Waals surface area contributed by atoms with Gasteiger partial charge in [0.1, 0.15) is 0 Å². The van der Waals surface area contributed by atoms with Crippen LogP contribution in [0.15, 0.2) is 54.6 Å². The van der Waals surface area contributed by atoms with Gasteiger partial charge in [-0.1, -0.05) is 24.3 Å². The van der Waals surface area contributed by atoms with Crippen LogP contribution in [0.4, 0.5) is 11.5 Å². The minimum atomic E-state index is -0.0270. The number of amides is 1. The molecular weight excluding hydrogens is 392 g/mol. The van der Waals surface area contributed by atoms with Gasteiger partial charge in [-0.25, -0.2) is 0 Å². The van der Waals surface area contributed by atoms with Crippen molar-refractivity contribution in [3.8, 4) is 22.8 Å². The lowest BCUT2D eigenvalue weighted by atomic mass is 9.95. The zero-order chi connectivity index (χ0) is 21.2. The van der Waals surface area contributed by atoms with Crippen LogP contribution in [0, 0.1) is 12.8 Å². The Kier molecular flexibility index (Phi) is 5.16. The van der Waals surface area contributed by atoms with E-state index in [2.05, 4.69) is 39.5 Å². The van der Waals surface area contributed by atoms with Gasteiger partial charge in [0.15, 0.2) is 17.3 Å². The zero-order valence-electron chi connectivity index (χ0n) is 17.4. The van der Waals surface area contributed by atoms with E-state index in [1.165, 1.54) is 5.56 Å². The van der Waals surface area contributed by atoms with Gasteiger partial charge in [-0.15, -0.1) is 10.2 Å².